The van der Waals surface area contributed by atoms with E-state index in [2.05, 4.69) is 62.6 Å². The molecule has 0 radical (unpaired) electrons. The van der Waals surface area contributed by atoms with Crippen LogP contribution < -0.4 is 5.32 Å². The van der Waals surface area contributed by atoms with Crippen LogP contribution in [0, 0.1) is 0 Å². The van der Waals surface area contributed by atoms with Crippen molar-refractivity contribution in [2.45, 2.75) is 6.54 Å². The molecule has 2 N–H and O–H groups in total. The van der Waals surface area contributed by atoms with E-state index in [1.165, 1.54) is 19.6 Å². The van der Waals surface area contributed by atoms with Crippen LogP contribution in [0.15, 0.2) is 46.4 Å². The zero-order valence-corrected chi connectivity index (χ0v) is 11.4. The van der Waals surface area contributed by atoms with Gasteiger partial charge in [0, 0.05) is 34.2 Å². The summed E-state index contributed by atoms with van der Waals surface area (Å²) >= 11 is 5.23. The van der Waals surface area contributed by atoms with Crippen molar-refractivity contribution in [2.75, 3.05) is 5.32 Å². The van der Waals surface area contributed by atoms with Gasteiger partial charge in [0.05, 0.1) is 3.79 Å². The van der Waals surface area contributed by atoms with Crippen LogP contribution in [0.1, 0.15) is 4.88 Å². The third-order valence-corrected chi connectivity index (χ3v) is 4.27. The Labute approximate surface area is 112 Å². The average Bonchev–Trinajstić information content (AvgIpc) is 2.94. The van der Waals surface area contributed by atoms with Gasteiger partial charge in [-0.3, -0.25) is 0 Å². The van der Waals surface area contributed by atoms with Crippen molar-refractivity contribution in [1.82, 2.24) is 4.98 Å². The molecule has 0 saturated carbocycles. The Balaban J connectivity index is 1.76. The van der Waals surface area contributed by atoms with Crippen molar-refractivity contribution in [3.05, 3.63) is 51.3 Å². The minimum Gasteiger partial charge on any atom is -0.380 e. The topological polar surface area (TPSA) is 27.8 Å². The summed E-state index contributed by atoms with van der Waals surface area (Å²) in [5, 5.41) is 4.67. The molecule has 0 aliphatic rings. The number of H-pyrrole nitrogens is 1. The normalized spacial score (nSPS) is 10.9. The van der Waals surface area contributed by atoms with E-state index in [0.717, 1.165) is 12.2 Å². The molecule has 2 aromatic heterocycles. The van der Waals surface area contributed by atoms with Crippen LogP contribution in [0.2, 0.25) is 0 Å². The van der Waals surface area contributed by atoms with Gasteiger partial charge in [-0.2, -0.15) is 0 Å². The number of fused-ring (bicyclic) bond motifs is 1. The molecule has 0 unspecified atom stereocenters. The summed E-state index contributed by atoms with van der Waals surface area (Å²) in [5.41, 5.74) is 2.33. The van der Waals surface area contributed by atoms with E-state index in [4.69, 9.17) is 0 Å². The highest BCUT2D eigenvalue weighted by molar-refractivity contribution is 9.11. The highest BCUT2D eigenvalue weighted by atomic mass is 79.9. The monoisotopic (exact) mass is 306 g/mol. The van der Waals surface area contributed by atoms with Crippen LogP contribution in [0.5, 0.6) is 0 Å². The Kier molecular flexibility index (Phi) is 2.91. The first kappa shape index (κ1) is 10.9. The predicted octanol–water partition coefficient (Wildman–Crippen LogP) is 4.60. The molecule has 17 heavy (non-hydrogen) atoms. The number of benzene rings is 1. The second kappa shape index (κ2) is 4.55. The van der Waals surface area contributed by atoms with Gasteiger partial charge in [0.15, 0.2) is 0 Å². The van der Waals surface area contributed by atoms with Crippen LogP contribution in [0.25, 0.3) is 10.9 Å². The molecule has 2 nitrogen and oxygen atoms in total. The molecule has 3 aromatic rings. The highest BCUT2D eigenvalue weighted by Gasteiger charge is 1.99. The van der Waals surface area contributed by atoms with E-state index in [1.54, 1.807) is 11.3 Å². The molecular weight excluding hydrogens is 296 g/mol. The molecule has 0 atom stereocenters. The molecule has 0 amide bonds. The zero-order valence-electron chi connectivity index (χ0n) is 9.03. The molecule has 0 bridgehead atoms. The molecular formula is C13H11BrN2S. The van der Waals surface area contributed by atoms with Crippen LogP contribution >= 0.6 is 27.3 Å². The summed E-state index contributed by atoms with van der Waals surface area (Å²) in [5.74, 6) is 0. The van der Waals surface area contributed by atoms with Crippen LogP contribution in [-0.4, -0.2) is 4.98 Å². The first-order valence-electron chi connectivity index (χ1n) is 5.36. The standard InChI is InChI=1S/C13H11BrN2S/c14-13-4-2-11(17-13)8-16-10-1-3-12-9(7-10)5-6-15-12/h1-7,15-16H,8H2. The van der Waals surface area contributed by atoms with Crippen molar-refractivity contribution in [2.24, 2.45) is 0 Å². The lowest BCUT2D eigenvalue weighted by atomic mass is 10.2. The number of nitrogens with one attached hydrogen (secondary N) is 2. The van der Waals surface area contributed by atoms with Gasteiger partial charge < -0.3 is 10.3 Å². The lowest BCUT2D eigenvalue weighted by molar-refractivity contribution is 1.20. The minimum absolute atomic E-state index is 0.867. The fraction of sp³-hybridized carbons (Fsp3) is 0.0769. The van der Waals surface area contributed by atoms with Crippen LogP contribution in [0.3, 0.4) is 0 Å². The van der Waals surface area contributed by atoms with Gasteiger partial charge in [-0.05, 0) is 52.3 Å². The molecule has 0 spiro atoms. The SMILES string of the molecule is Brc1ccc(CNc2ccc3[nH]ccc3c2)s1. The number of aromatic amines is 1. The average molecular weight is 307 g/mol. The van der Waals surface area contributed by atoms with Gasteiger partial charge in [0.25, 0.3) is 0 Å². The Morgan fingerprint density at radius 1 is 1.18 bits per heavy atom. The van der Waals surface area contributed by atoms with E-state index < -0.39 is 0 Å². The van der Waals surface area contributed by atoms with E-state index in [0.29, 0.717) is 0 Å². The summed E-state index contributed by atoms with van der Waals surface area (Å²) in [6, 6.07) is 12.7. The summed E-state index contributed by atoms with van der Waals surface area (Å²) in [7, 11) is 0. The van der Waals surface area contributed by atoms with E-state index >= 15 is 0 Å². The maximum absolute atomic E-state index is 3.47. The number of rotatable bonds is 3. The summed E-state index contributed by atoms with van der Waals surface area (Å²) in [6.45, 7) is 0.867. The number of thiophene rings is 1. The first-order valence-corrected chi connectivity index (χ1v) is 6.97. The van der Waals surface area contributed by atoms with Gasteiger partial charge in [-0.1, -0.05) is 0 Å². The summed E-state index contributed by atoms with van der Waals surface area (Å²) in [4.78, 5) is 4.52. The first-order chi connectivity index (χ1) is 8.31. The molecule has 4 heteroatoms. The quantitative estimate of drug-likeness (QED) is 0.727. The Bertz CT molecular complexity index is 641. The molecule has 0 aliphatic carbocycles. The van der Waals surface area contributed by atoms with Crippen LogP contribution in [-0.2, 0) is 6.54 Å². The molecule has 3 rings (SSSR count). The van der Waals surface area contributed by atoms with Crippen molar-refractivity contribution in [3.63, 3.8) is 0 Å². The summed E-state index contributed by atoms with van der Waals surface area (Å²) in [6.07, 6.45) is 1.96. The molecule has 0 saturated heterocycles. The van der Waals surface area contributed by atoms with Crippen molar-refractivity contribution < 1.29 is 0 Å². The number of hydrogen-bond acceptors (Lipinski definition) is 2. The molecule has 0 aliphatic heterocycles. The Morgan fingerprint density at radius 2 is 2.12 bits per heavy atom. The van der Waals surface area contributed by atoms with Crippen molar-refractivity contribution in [3.8, 4) is 0 Å². The molecule has 1 aromatic carbocycles. The lowest BCUT2D eigenvalue weighted by Crippen LogP contribution is -1.96. The second-order valence-corrected chi connectivity index (χ2v) is 6.39. The minimum atomic E-state index is 0.867. The fourth-order valence-corrected chi connectivity index (χ4v) is 3.22. The zero-order chi connectivity index (χ0) is 11.7. The number of aromatic nitrogens is 1. The van der Waals surface area contributed by atoms with Gasteiger partial charge >= 0.3 is 0 Å². The maximum atomic E-state index is 3.47. The Morgan fingerprint density at radius 3 is 2.94 bits per heavy atom. The van der Waals surface area contributed by atoms with Crippen molar-refractivity contribution >= 4 is 43.9 Å². The van der Waals surface area contributed by atoms with Gasteiger partial charge in [0.2, 0.25) is 0 Å². The predicted molar refractivity (Wildman–Crippen MR) is 77.6 cm³/mol. The fourth-order valence-electron chi connectivity index (χ4n) is 1.80. The lowest BCUT2D eigenvalue weighted by Gasteiger charge is -2.04. The highest BCUT2D eigenvalue weighted by Crippen LogP contribution is 2.23. The third-order valence-electron chi connectivity index (χ3n) is 2.65. The third kappa shape index (κ3) is 2.37. The second-order valence-electron chi connectivity index (χ2n) is 3.84. The van der Waals surface area contributed by atoms with E-state index in [-0.39, 0.29) is 0 Å². The van der Waals surface area contributed by atoms with Gasteiger partial charge in [-0.25, -0.2) is 0 Å². The van der Waals surface area contributed by atoms with E-state index in [9.17, 15) is 0 Å². The molecule has 0 fully saturated rings. The Hall–Kier alpha value is -1.26. The number of hydrogen-bond donors (Lipinski definition) is 2. The number of halogens is 1. The molecule has 86 valence electrons. The maximum Gasteiger partial charge on any atom is 0.0702 e. The van der Waals surface area contributed by atoms with Gasteiger partial charge in [0.1, 0.15) is 0 Å². The largest absolute Gasteiger partial charge is 0.380 e. The van der Waals surface area contributed by atoms with Gasteiger partial charge in [-0.15, -0.1) is 11.3 Å². The summed E-state index contributed by atoms with van der Waals surface area (Å²) < 4.78 is 1.18. The van der Waals surface area contributed by atoms with E-state index in [1.807, 2.05) is 6.20 Å². The number of anilines is 1. The van der Waals surface area contributed by atoms with Crippen LogP contribution in [0.4, 0.5) is 5.69 Å². The molecule has 2 heterocycles. The smallest absolute Gasteiger partial charge is 0.0702 e. The van der Waals surface area contributed by atoms with Crippen molar-refractivity contribution in [1.29, 1.82) is 0 Å².